The molecule has 1 saturated carbocycles. The third-order valence-electron chi connectivity index (χ3n) is 2.59. The number of hydrogen-bond acceptors (Lipinski definition) is 1. The Morgan fingerprint density at radius 3 is 2.80 bits per heavy atom. The molecule has 0 radical (unpaired) electrons. The first kappa shape index (κ1) is 10.6. The van der Waals surface area contributed by atoms with Crippen molar-refractivity contribution in [1.82, 2.24) is 5.32 Å². The van der Waals surface area contributed by atoms with Gasteiger partial charge in [-0.25, -0.2) is 4.39 Å². The predicted octanol–water partition coefficient (Wildman–Crippen LogP) is 2.87. The molecule has 0 atom stereocenters. The third-order valence-corrected chi connectivity index (χ3v) is 3.28. The molecule has 0 unspecified atom stereocenters. The van der Waals surface area contributed by atoms with Crippen LogP contribution in [0, 0.1) is 5.82 Å². The third kappa shape index (κ3) is 2.37. The first-order chi connectivity index (χ1) is 7.00. The fourth-order valence-electron chi connectivity index (χ4n) is 1.33. The molecule has 15 heavy (non-hydrogen) atoms. The first-order valence-corrected chi connectivity index (χ1v) is 5.57. The van der Waals surface area contributed by atoms with Crippen LogP contribution in [0.15, 0.2) is 22.7 Å². The lowest BCUT2D eigenvalue weighted by molar-refractivity contribution is 0.0934. The SMILES string of the molecule is CC1(NC(=O)c2cc(F)ccc2Br)CC1. The van der Waals surface area contributed by atoms with E-state index in [-0.39, 0.29) is 11.4 Å². The van der Waals surface area contributed by atoms with E-state index < -0.39 is 5.82 Å². The summed E-state index contributed by atoms with van der Waals surface area (Å²) in [6.07, 6.45) is 1.98. The summed E-state index contributed by atoms with van der Waals surface area (Å²) >= 11 is 3.23. The lowest BCUT2D eigenvalue weighted by atomic mass is 10.2. The van der Waals surface area contributed by atoms with E-state index in [0.29, 0.717) is 10.0 Å². The smallest absolute Gasteiger partial charge is 0.252 e. The molecule has 4 heteroatoms. The molecule has 0 saturated heterocycles. The Morgan fingerprint density at radius 2 is 2.20 bits per heavy atom. The van der Waals surface area contributed by atoms with Gasteiger partial charge < -0.3 is 5.32 Å². The second-order valence-electron chi connectivity index (χ2n) is 4.14. The van der Waals surface area contributed by atoms with Crippen molar-refractivity contribution in [2.24, 2.45) is 0 Å². The van der Waals surface area contributed by atoms with Gasteiger partial charge in [-0.3, -0.25) is 4.79 Å². The molecule has 1 aromatic carbocycles. The Morgan fingerprint density at radius 1 is 1.53 bits per heavy atom. The summed E-state index contributed by atoms with van der Waals surface area (Å²) in [4.78, 5) is 11.8. The zero-order valence-corrected chi connectivity index (χ0v) is 9.90. The average Bonchev–Trinajstić information content (AvgIpc) is 2.87. The van der Waals surface area contributed by atoms with Gasteiger partial charge in [0.05, 0.1) is 5.56 Å². The number of amides is 1. The molecule has 2 rings (SSSR count). The fraction of sp³-hybridized carbons (Fsp3) is 0.364. The van der Waals surface area contributed by atoms with Crippen molar-refractivity contribution < 1.29 is 9.18 Å². The Hall–Kier alpha value is -0.900. The molecular formula is C11H11BrFNO. The van der Waals surface area contributed by atoms with Crippen LogP contribution in [0.25, 0.3) is 0 Å². The number of hydrogen-bond donors (Lipinski definition) is 1. The van der Waals surface area contributed by atoms with Crippen molar-refractivity contribution in [3.05, 3.63) is 34.1 Å². The summed E-state index contributed by atoms with van der Waals surface area (Å²) in [5, 5.41) is 2.88. The zero-order valence-electron chi connectivity index (χ0n) is 8.31. The van der Waals surface area contributed by atoms with Gasteiger partial charge in [-0.2, -0.15) is 0 Å². The Kier molecular flexibility index (Phi) is 2.54. The summed E-state index contributed by atoms with van der Waals surface area (Å²) in [5.41, 5.74) is 0.270. The molecule has 0 aliphatic heterocycles. The summed E-state index contributed by atoms with van der Waals surface area (Å²) in [6.45, 7) is 1.98. The minimum Gasteiger partial charge on any atom is -0.347 e. The Labute approximate surface area is 96.0 Å². The molecule has 1 fully saturated rings. The van der Waals surface area contributed by atoms with E-state index in [2.05, 4.69) is 21.2 Å². The van der Waals surface area contributed by atoms with Crippen LogP contribution in [0.5, 0.6) is 0 Å². The minimum atomic E-state index is -0.399. The average molecular weight is 272 g/mol. The standard InChI is InChI=1S/C11H11BrFNO/c1-11(4-5-11)14-10(15)8-6-7(13)2-3-9(8)12/h2-3,6H,4-5H2,1H3,(H,14,15). The maximum atomic E-state index is 13.0. The molecule has 0 aromatic heterocycles. The Bertz CT molecular complexity index is 415. The van der Waals surface area contributed by atoms with E-state index in [1.54, 1.807) is 6.07 Å². The number of nitrogens with one attached hydrogen (secondary N) is 1. The van der Waals surface area contributed by atoms with Crippen LogP contribution in [-0.4, -0.2) is 11.4 Å². The van der Waals surface area contributed by atoms with Gasteiger partial charge in [-0.15, -0.1) is 0 Å². The molecule has 1 amide bonds. The van der Waals surface area contributed by atoms with Crippen molar-refractivity contribution in [3.8, 4) is 0 Å². The summed E-state index contributed by atoms with van der Waals surface area (Å²) in [6, 6.07) is 4.10. The van der Waals surface area contributed by atoms with Gasteiger partial charge in [0, 0.05) is 10.0 Å². The van der Waals surface area contributed by atoms with Crippen molar-refractivity contribution >= 4 is 21.8 Å². The van der Waals surface area contributed by atoms with Crippen LogP contribution in [-0.2, 0) is 0 Å². The largest absolute Gasteiger partial charge is 0.347 e. The van der Waals surface area contributed by atoms with Crippen LogP contribution in [0.3, 0.4) is 0 Å². The van der Waals surface area contributed by atoms with E-state index in [0.717, 1.165) is 12.8 Å². The van der Waals surface area contributed by atoms with Gasteiger partial charge in [-0.1, -0.05) is 0 Å². The molecule has 0 bridgehead atoms. The van der Waals surface area contributed by atoms with E-state index in [9.17, 15) is 9.18 Å². The van der Waals surface area contributed by atoms with Gasteiger partial charge in [-0.05, 0) is 53.9 Å². The zero-order chi connectivity index (χ0) is 11.1. The van der Waals surface area contributed by atoms with Gasteiger partial charge in [0.1, 0.15) is 5.82 Å². The second-order valence-corrected chi connectivity index (χ2v) is 4.99. The highest BCUT2D eigenvalue weighted by atomic mass is 79.9. The van der Waals surface area contributed by atoms with Crippen LogP contribution in [0.1, 0.15) is 30.1 Å². The minimum absolute atomic E-state index is 0.0805. The van der Waals surface area contributed by atoms with E-state index in [1.165, 1.54) is 12.1 Å². The molecular weight excluding hydrogens is 261 g/mol. The van der Waals surface area contributed by atoms with Crippen LogP contribution in [0.4, 0.5) is 4.39 Å². The number of benzene rings is 1. The van der Waals surface area contributed by atoms with Crippen molar-refractivity contribution in [3.63, 3.8) is 0 Å². The van der Waals surface area contributed by atoms with Crippen LogP contribution < -0.4 is 5.32 Å². The van der Waals surface area contributed by atoms with E-state index >= 15 is 0 Å². The number of rotatable bonds is 2. The van der Waals surface area contributed by atoms with Gasteiger partial charge in [0.15, 0.2) is 0 Å². The maximum absolute atomic E-state index is 13.0. The molecule has 2 nitrogen and oxygen atoms in total. The van der Waals surface area contributed by atoms with Crippen LogP contribution >= 0.6 is 15.9 Å². The molecule has 1 N–H and O–H groups in total. The maximum Gasteiger partial charge on any atom is 0.252 e. The lowest BCUT2D eigenvalue weighted by Crippen LogP contribution is -2.34. The monoisotopic (exact) mass is 271 g/mol. The number of carbonyl (C=O) groups excluding carboxylic acids is 1. The number of carbonyl (C=O) groups is 1. The summed E-state index contributed by atoms with van der Waals surface area (Å²) in [7, 11) is 0. The summed E-state index contributed by atoms with van der Waals surface area (Å²) in [5.74, 6) is -0.620. The van der Waals surface area contributed by atoms with Gasteiger partial charge >= 0.3 is 0 Å². The molecule has 0 spiro atoms. The van der Waals surface area contributed by atoms with Crippen molar-refractivity contribution in [1.29, 1.82) is 0 Å². The van der Waals surface area contributed by atoms with E-state index in [1.807, 2.05) is 6.92 Å². The number of halogens is 2. The fourth-order valence-corrected chi connectivity index (χ4v) is 1.75. The molecule has 1 aliphatic rings. The van der Waals surface area contributed by atoms with E-state index in [4.69, 9.17) is 0 Å². The Balaban J connectivity index is 2.21. The normalized spacial score (nSPS) is 17.3. The van der Waals surface area contributed by atoms with Crippen molar-refractivity contribution in [2.75, 3.05) is 0 Å². The van der Waals surface area contributed by atoms with Gasteiger partial charge in [0.25, 0.3) is 5.91 Å². The molecule has 1 aromatic rings. The molecule has 1 aliphatic carbocycles. The molecule has 0 heterocycles. The van der Waals surface area contributed by atoms with Gasteiger partial charge in [0.2, 0.25) is 0 Å². The summed E-state index contributed by atoms with van der Waals surface area (Å²) < 4.78 is 13.6. The topological polar surface area (TPSA) is 29.1 Å². The lowest BCUT2D eigenvalue weighted by Gasteiger charge is -2.12. The highest BCUT2D eigenvalue weighted by Gasteiger charge is 2.39. The predicted molar refractivity (Wildman–Crippen MR) is 59.2 cm³/mol. The second kappa shape index (κ2) is 3.59. The highest BCUT2D eigenvalue weighted by molar-refractivity contribution is 9.10. The first-order valence-electron chi connectivity index (χ1n) is 4.78. The molecule has 80 valence electrons. The van der Waals surface area contributed by atoms with Crippen molar-refractivity contribution in [2.45, 2.75) is 25.3 Å². The highest BCUT2D eigenvalue weighted by Crippen LogP contribution is 2.34. The quantitative estimate of drug-likeness (QED) is 0.881. The van der Waals surface area contributed by atoms with Crippen LogP contribution in [0.2, 0.25) is 0 Å².